The van der Waals surface area contributed by atoms with Gasteiger partial charge in [-0.25, -0.2) is 4.79 Å². The summed E-state index contributed by atoms with van der Waals surface area (Å²) in [5.74, 6) is 0.244. The number of carboxylic acids is 1. The number of urea groups is 1. The minimum Gasteiger partial charge on any atom is -0.481 e. The summed E-state index contributed by atoms with van der Waals surface area (Å²) in [6.45, 7) is 4.97. The van der Waals surface area contributed by atoms with Gasteiger partial charge in [-0.3, -0.25) is 4.79 Å². The summed E-state index contributed by atoms with van der Waals surface area (Å²) in [7, 11) is 0. The van der Waals surface area contributed by atoms with Gasteiger partial charge in [0.05, 0.1) is 5.41 Å². The molecule has 0 aromatic heterocycles. The third kappa shape index (κ3) is 5.09. The number of hydrogen-bond donors (Lipinski definition) is 2. The fourth-order valence-corrected chi connectivity index (χ4v) is 3.53. The van der Waals surface area contributed by atoms with Crippen molar-refractivity contribution in [1.82, 2.24) is 10.2 Å². The van der Waals surface area contributed by atoms with E-state index in [2.05, 4.69) is 5.32 Å². The third-order valence-electron chi connectivity index (χ3n) is 4.17. The summed E-state index contributed by atoms with van der Waals surface area (Å²) in [5.41, 5.74) is -0.757. The lowest BCUT2D eigenvalue weighted by Gasteiger charge is -2.40. The molecule has 1 rings (SSSR count). The van der Waals surface area contributed by atoms with Gasteiger partial charge in [-0.1, -0.05) is 13.3 Å². The molecule has 0 spiro atoms. The molecule has 2 unspecified atom stereocenters. The fraction of sp³-hybridized carbons (Fsp3) is 0.867. The second-order valence-electron chi connectivity index (χ2n) is 5.99. The predicted molar refractivity (Wildman–Crippen MR) is 86.8 cm³/mol. The van der Waals surface area contributed by atoms with Crippen LogP contribution in [0, 0.1) is 5.41 Å². The zero-order valence-corrected chi connectivity index (χ0v) is 14.2. The molecule has 0 aliphatic carbocycles. The molecule has 0 aromatic rings. The van der Waals surface area contributed by atoms with Crippen LogP contribution in [0.1, 0.15) is 46.0 Å². The highest BCUT2D eigenvalue weighted by molar-refractivity contribution is 7.98. The van der Waals surface area contributed by atoms with E-state index in [4.69, 9.17) is 0 Å². The molecule has 0 aromatic carbocycles. The first-order chi connectivity index (χ1) is 9.95. The van der Waals surface area contributed by atoms with E-state index in [0.29, 0.717) is 25.9 Å². The SMILES string of the molecule is CCCC1(C(=O)O)CCCN(C(=O)NC(C)CCSC)C1. The number of likely N-dealkylation sites (tertiary alicyclic amines) is 1. The maximum absolute atomic E-state index is 12.3. The number of nitrogens with zero attached hydrogens (tertiary/aromatic N) is 1. The average Bonchev–Trinajstić information content (AvgIpc) is 2.45. The largest absolute Gasteiger partial charge is 0.481 e. The van der Waals surface area contributed by atoms with E-state index in [1.807, 2.05) is 20.1 Å². The molecule has 0 bridgehead atoms. The molecule has 122 valence electrons. The molecule has 2 N–H and O–H groups in total. The van der Waals surface area contributed by atoms with Crippen LogP contribution in [0.2, 0.25) is 0 Å². The number of piperidine rings is 1. The second kappa shape index (κ2) is 8.51. The molecule has 2 atom stereocenters. The van der Waals surface area contributed by atoms with Crippen LogP contribution < -0.4 is 5.32 Å². The highest BCUT2D eigenvalue weighted by Gasteiger charge is 2.42. The number of carbonyl (C=O) groups is 2. The monoisotopic (exact) mass is 316 g/mol. The highest BCUT2D eigenvalue weighted by atomic mass is 32.2. The summed E-state index contributed by atoms with van der Waals surface area (Å²) < 4.78 is 0. The zero-order valence-electron chi connectivity index (χ0n) is 13.4. The normalized spacial score (nSPS) is 23.7. The van der Waals surface area contributed by atoms with Gasteiger partial charge >= 0.3 is 12.0 Å². The molecule has 2 amide bonds. The number of carbonyl (C=O) groups excluding carboxylic acids is 1. The number of aliphatic carboxylic acids is 1. The summed E-state index contributed by atoms with van der Waals surface area (Å²) >= 11 is 1.76. The van der Waals surface area contributed by atoms with Gasteiger partial charge in [0.1, 0.15) is 0 Å². The number of amides is 2. The highest BCUT2D eigenvalue weighted by Crippen LogP contribution is 2.35. The van der Waals surface area contributed by atoms with E-state index >= 15 is 0 Å². The van der Waals surface area contributed by atoms with Gasteiger partial charge in [-0.15, -0.1) is 0 Å². The van der Waals surface area contributed by atoms with Crippen LogP contribution in [0.3, 0.4) is 0 Å². The molecular weight excluding hydrogens is 288 g/mol. The zero-order chi connectivity index (χ0) is 15.9. The Bertz CT molecular complexity index is 361. The molecule has 5 nitrogen and oxygen atoms in total. The summed E-state index contributed by atoms with van der Waals surface area (Å²) in [5, 5.41) is 12.5. The topological polar surface area (TPSA) is 69.6 Å². The van der Waals surface area contributed by atoms with Gasteiger partial charge < -0.3 is 15.3 Å². The molecular formula is C15H28N2O3S. The smallest absolute Gasteiger partial charge is 0.317 e. The lowest BCUT2D eigenvalue weighted by Crippen LogP contribution is -2.53. The van der Waals surface area contributed by atoms with Crippen molar-refractivity contribution in [1.29, 1.82) is 0 Å². The molecule has 6 heteroatoms. The van der Waals surface area contributed by atoms with Crippen LogP contribution >= 0.6 is 11.8 Å². The Morgan fingerprint density at radius 3 is 2.76 bits per heavy atom. The minimum atomic E-state index is -0.766. The van der Waals surface area contributed by atoms with E-state index in [0.717, 1.165) is 25.0 Å². The number of nitrogens with one attached hydrogen (secondary N) is 1. The average molecular weight is 316 g/mol. The van der Waals surface area contributed by atoms with Crippen molar-refractivity contribution in [2.45, 2.75) is 52.0 Å². The minimum absolute atomic E-state index is 0.120. The van der Waals surface area contributed by atoms with Gasteiger partial charge in [0.25, 0.3) is 0 Å². The van der Waals surface area contributed by atoms with Gasteiger partial charge in [0.2, 0.25) is 0 Å². The van der Waals surface area contributed by atoms with E-state index in [1.54, 1.807) is 16.7 Å². The van der Waals surface area contributed by atoms with E-state index in [9.17, 15) is 14.7 Å². The Labute approximate surface area is 131 Å². The van der Waals surface area contributed by atoms with Crippen molar-refractivity contribution >= 4 is 23.8 Å². The maximum atomic E-state index is 12.3. The second-order valence-corrected chi connectivity index (χ2v) is 6.98. The lowest BCUT2D eigenvalue weighted by atomic mass is 9.76. The first-order valence-corrected chi connectivity index (χ1v) is 9.12. The summed E-state index contributed by atoms with van der Waals surface area (Å²) in [4.78, 5) is 25.6. The van der Waals surface area contributed by atoms with Gasteiger partial charge in [0, 0.05) is 19.1 Å². The summed E-state index contributed by atoms with van der Waals surface area (Å²) in [6, 6.07) is 0.00214. The van der Waals surface area contributed by atoms with E-state index in [-0.39, 0.29) is 12.1 Å². The molecule has 1 aliphatic heterocycles. The van der Waals surface area contributed by atoms with E-state index < -0.39 is 11.4 Å². The first-order valence-electron chi connectivity index (χ1n) is 7.73. The number of thioether (sulfide) groups is 1. The molecule has 1 heterocycles. The predicted octanol–water partition coefficient (Wildman–Crippen LogP) is 2.80. The Kier molecular flexibility index (Phi) is 7.35. The number of hydrogen-bond acceptors (Lipinski definition) is 3. The van der Waals surface area contributed by atoms with Crippen LogP contribution in [0.5, 0.6) is 0 Å². The Hall–Kier alpha value is -0.910. The van der Waals surface area contributed by atoms with Crippen LogP contribution in [-0.2, 0) is 4.79 Å². The van der Waals surface area contributed by atoms with Gasteiger partial charge in [-0.2, -0.15) is 11.8 Å². The van der Waals surface area contributed by atoms with Crippen molar-refractivity contribution in [2.24, 2.45) is 5.41 Å². The van der Waals surface area contributed by atoms with Gasteiger partial charge in [0.15, 0.2) is 0 Å². The lowest BCUT2D eigenvalue weighted by molar-refractivity contribution is -0.152. The molecule has 0 saturated carbocycles. The fourth-order valence-electron chi connectivity index (χ4n) is 2.94. The standard InChI is InChI=1S/C15H28N2O3S/c1-4-7-15(13(18)19)8-5-9-17(11-15)14(20)16-12(2)6-10-21-3/h12H,4-11H2,1-3H3,(H,16,20)(H,18,19). The molecule has 1 aliphatic rings. The Morgan fingerprint density at radius 1 is 1.48 bits per heavy atom. The number of carboxylic acid groups (broad SMARTS) is 1. The molecule has 21 heavy (non-hydrogen) atoms. The van der Waals surface area contributed by atoms with E-state index in [1.165, 1.54) is 0 Å². The van der Waals surface area contributed by atoms with Crippen LogP contribution in [0.4, 0.5) is 4.79 Å². The molecule has 1 saturated heterocycles. The van der Waals surface area contributed by atoms with Crippen molar-refractivity contribution < 1.29 is 14.7 Å². The first kappa shape index (κ1) is 18.1. The van der Waals surface area contributed by atoms with Crippen molar-refractivity contribution in [3.63, 3.8) is 0 Å². The van der Waals surface area contributed by atoms with Crippen LogP contribution in [0.25, 0.3) is 0 Å². The molecule has 1 fully saturated rings. The van der Waals surface area contributed by atoms with Crippen LogP contribution in [0.15, 0.2) is 0 Å². The van der Waals surface area contributed by atoms with Gasteiger partial charge in [-0.05, 0) is 44.6 Å². The van der Waals surface area contributed by atoms with Crippen molar-refractivity contribution in [3.8, 4) is 0 Å². The van der Waals surface area contributed by atoms with Crippen LogP contribution in [-0.4, -0.2) is 53.1 Å². The quantitative estimate of drug-likeness (QED) is 0.758. The Balaban J connectivity index is 2.62. The van der Waals surface area contributed by atoms with Crippen molar-refractivity contribution in [3.05, 3.63) is 0 Å². The third-order valence-corrected chi connectivity index (χ3v) is 4.82. The molecule has 0 radical (unpaired) electrons. The Morgan fingerprint density at radius 2 is 2.19 bits per heavy atom. The number of rotatable bonds is 7. The summed E-state index contributed by atoms with van der Waals surface area (Å²) in [6.07, 6.45) is 5.87. The van der Waals surface area contributed by atoms with Crippen molar-refractivity contribution in [2.75, 3.05) is 25.1 Å². The maximum Gasteiger partial charge on any atom is 0.317 e.